The van der Waals surface area contributed by atoms with Crippen LogP contribution in [-0.2, 0) is 13.0 Å². The lowest BCUT2D eigenvalue weighted by atomic mass is 9.99. The number of aromatic nitrogens is 2. The van der Waals surface area contributed by atoms with Gasteiger partial charge in [0.2, 0.25) is 0 Å². The molecule has 3 nitrogen and oxygen atoms in total. The average molecular weight is 332 g/mol. The smallest absolute Gasteiger partial charge is 0.109 e. The molecule has 0 saturated carbocycles. The third-order valence-corrected chi connectivity index (χ3v) is 5.39. The number of benzene rings is 2. The highest BCUT2D eigenvalue weighted by atomic mass is 16.3. The molecule has 25 heavy (non-hydrogen) atoms. The number of aryl methyl sites for hydroxylation is 3. The number of imidazole rings is 1. The quantitative estimate of drug-likeness (QED) is 0.772. The van der Waals surface area contributed by atoms with Crippen molar-refractivity contribution in [2.45, 2.75) is 33.2 Å². The van der Waals surface area contributed by atoms with Crippen LogP contribution in [-0.4, -0.2) is 21.3 Å². The summed E-state index contributed by atoms with van der Waals surface area (Å²) in [4.78, 5) is 4.80. The van der Waals surface area contributed by atoms with Crippen molar-refractivity contribution < 1.29 is 5.11 Å². The maximum absolute atomic E-state index is 9.38. The summed E-state index contributed by atoms with van der Waals surface area (Å²) in [5, 5.41) is 9.38. The van der Waals surface area contributed by atoms with E-state index in [0.717, 1.165) is 36.5 Å². The van der Waals surface area contributed by atoms with Crippen LogP contribution in [0.25, 0.3) is 22.4 Å². The second kappa shape index (κ2) is 6.49. The van der Waals surface area contributed by atoms with Gasteiger partial charge in [0.05, 0.1) is 5.69 Å². The Morgan fingerprint density at radius 2 is 1.72 bits per heavy atom. The van der Waals surface area contributed by atoms with E-state index in [1.54, 1.807) is 0 Å². The molecule has 2 aromatic carbocycles. The number of aliphatic hydroxyl groups excluding tert-OH is 1. The molecule has 0 aliphatic carbocycles. The second-order valence-corrected chi connectivity index (χ2v) is 7.15. The lowest BCUT2D eigenvalue weighted by Crippen LogP contribution is -2.21. The molecule has 0 amide bonds. The number of hydrogen-bond donors (Lipinski definition) is 1. The van der Waals surface area contributed by atoms with E-state index in [9.17, 15) is 5.11 Å². The molecule has 0 saturated heterocycles. The van der Waals surface area contributed by atoms with Gasteiger partial charge in [-0.05, 0) is 48.4 Å². The van der Waals surface area contributed by atoms with E-state index < -0.39 is 0 Å². The summed E-state index contributed by atoms with van der Waals surface area (Å²) in [5.74, 6) is 1.45. The van der Waals surface area contributed by atoms with Crippen LogP contribution in [0.5, 0.6) is 0 Å². The van der Waals surface area contributed by atoms with Crippen LogP contribution in [0.15, 0.2) is 48.7 Å². The minimum atomic E-state index is 0.257. The highest BCUT2D eigenvalue weighted by molar-refractivity contribution is 5.69. The van der Waals surface area contributed by atoms with Crippen molar-refractivity contribution in [1.29, 1.82) is 0 Å². The van der Waals surface area contributed by atoms with Crippen molar-refractivity contribution >= 4 is 0 Å². The second-order valence-electron chi connectivity index (χ2n) is 7.15. The number of aliphatic hydroxyl groups is 1. The first-order valence-electron chi connectivity index (χ1n) is 8.99. The summed E-state index contributed by atoms with van der Waals surface area (Å²) in [6.07, 6.45) is 4.05. The molecule has 0 fully saturated rings. The van der Waals surface area contributed by atoms with E-state index >= 15 is 0 Å². The molecular formula is C22H24N2O. The third kappa shape index (κ3) is 3.12. The van der Waals surface area contributed by atoms with Crippen LogP contribution in [0.3, 0.4) is 0 Å². The predicted molar refractivity (Wildman–Crippen MR) is 101 cm³/mol. The normalized spacial score (nSPS) is 16.7. The van der Waals surface area contributed by atoms with Crippen LogP contribution >= 0.6 is 0 Å². The Kier molecular flexibility index (Phi) is 4.18. The Hall–Kier alpha value is -2.39. The summed E-state index contributed by atoms with van der Waals surface area (Å²) in [7, 11) is 0. The lowest BCUT2D eigenvalue weighted by Gasteiger charge is -2.20. The number of fused-ring (bicyclic) bond motifs is 1. The summed E-state index contributed by atoms with van der Waals surface area (Å²) < 4.78 is 2.23. The highest BCUT2D eigenvalue weighted by Crippen LogP contribution is 2.28. The molecule has 3 heteroatoms. The van der Waals surface area contributed by atoms with E-state index in [1.165, 1.54) is 22.3 Å². The van der Waals surface area contributed by atoms with Crippen molar-refractivity contribution in [2.24, 2.45) is 5.92 Å². The molecule has 1 N–H and O–H groups in total. The molecule has 128 valence electrons. The topological polar surface area (TPSA) is 38.0 Å². The van der Waals surface area contributed by atoms with Gasteiger partial charge in [0.15, 0.2) is 0 Å². The Labute approximate surface area is 149 Å². The van der Waals surface area contributed by atoms with E-state index in [1.807, 2.05) is 0 Å². The largest absolute Gasteiger partial charge is 0.396 e. The highest BCUT2D eigenvalue weighted by Gasteiger charge is 2.20. The zero-order valence-electron chi connectivity index (χ0n) is 14.9. The van der Waals surface area contributed by atoms with Crippen LogP contribution in [0.2, 0.25) is 0 Å². The first-order chi connectivity index (χ1) is 12.1. The van der Waals surface area contributed by atoms with Crippen molar-refractivity contribution in [3.63, 3.8) is 0 Å². The molecule has 0 spiro atoms. The van der Waals surface area contributed by atoms with Gasteiger partial charge in [0, 0.05) is 31.3 Å². The van der Waals surface area contributed by atoms with E-state index in [-0.39, 0.29) is 6.61 Å². The fourth-order valence-corrected chi connectivity index (χ4v) is 3.54. The fourth-order valence-electron chi connectivity index (χ4n) is 3.54. The standard InChI is InChI=1S/C22H24N2O/c1-15-3-4-20(11-16(15)2)18-5-7-19(8-6-18)21-13-24-10-9-17(14-25)12-22(24)23-21/h3-8,11,13,17,25H,9-10,12,14H2,1-2H3. The van der Waals surface area contributed by atoms with Gasteiger partial charge in [-0.25, -0.2) is 4.98 Å². The minimum Gasteiger partial charge on any atom is -0.396 e. The number of rotatable bonds is 3. The Morgan fingerprint density at radius 3 is 2.44 bits per heavy atom. The van der Waals surface area contributed by atoms with Crippen molar-refractivity contribution in [3.8, 4) is 22.4 Å². The van der Waals surface area contributed by atoms with Gasteiger partial charge in [0.25, 0.3) is 0 Å². The molecule has 2 heterocycles. The molecule has 3 aromatic rings. The summed E-state index contributed by atoms with van der Waals surface area (Å²) in [6, 6.07) is 15.3. The SMILES string of the molecule is Cc1ccc(-c2ccc(-c3cn4c(n3)CC(CO)CC4)cc2)cc1C. The van der Waals surface area contributed by atoms with Crippen LogP contribution in [0.1, 0.15) is 23.4 Å². The summed E-state index contributed by atoms with van der Waals surface area (Å²) >= 11 is 0. The van der Waals surface area contributed by atoms with Gasteiger partial charge in [-0.3, -0.25) is 0 Å². The first-order valence-corrected chi connectivity index (χ1v) is 8.99. The maximum atomic E-state index is 9.38. The Balaban J connectivity index is 1.60. The molecular weight excluding hydrogens is 308 g/mol. The monoisotopic (exact) mass is 332 g/mol. The average Bonchev–Trinajstić information content (AvgIpc) is 3.07. The van der Waals surface area contributed by atoms with E-state index in [0.29, 0.717) is 5.92 Å². The summed E-state index contributed by atoms with van der Waals surface area (Å²) in [6.45, 7) is 5.51. The number of hydrogen-bond acceptors (Lipinski definition) is 2. The minimum absolute atomic E-state index is 0.257. The molecule has 0 bridgehead atoms. The molecule has 1 aromatic heterocycles. The van der Waals surface area contributed by atoms with Crippen LogP contribution in [0.4, 0.5) is 0 Å². The van der Waals surface area contributed by atoms with Gasteiger partial charge in [-0.1, -0.05) is 42.5 Å². The lowest BCUT2D eigenvalue weighted by molar-refractivity contribution is 0.199. The van der Waals surface area contributed by atoms with Gasteiger partial charge >= 0.3 is 0 Å². The first kappa shape index (κ1) is 16.1. The molecule has 1 unspecified atom stereocenters. The molecule has 1 aliphatic heterocycles. The third-order valence-electron chi connectivity index (χ3n) is 5.39. The van der Waals surface area contributed by atoms with E-state index in [2.05, 4.69) is 67.1 Å². The van der Waals surface area contributed by atoms with Crippen molar-refractivity contribution in [1.82, 2.24) is 9.55 Å². The van der Waals surface area contributed by atoms with Crippen LogP contribution < -0.4 is 0 Å². The Bertz CT molecular complexity index is 893. The molecule has 1 aliphatic rings. The zero-order chi connectivity index (χ0) is 17.4. The van der Waals surface area contributed by atoms with Crippen molar-refractivity contribution in [3.05, 3.63) is 65.6 Å². The van der Waals surface area contributed by atoms with Gasteiger partial charge in [-0.2, -0.15) is 0 Å². The molecule has 0 radical (unpaired) electrons. The molecule has 1 atom stereocenters. The van der Waals surface area contributed by atoms with E-state index in [4.69, 9.17) is 4.98 Å². The Morgan fingerprint density at radius 1 is 1.00 bits per heavy atom. The predicted octanol–water partition coefficient (Wildman–Crippen LogP) is 4.39. The number of nitrogens with zero attached hydrogens (tertiary/aromatic N) is 2. The van der Waals surface area contributed by atoms with Crippen LogP contribution in [0, 0.1) is 19.8 Å². The van der Waals surface area contributed by atoms with Gasteiger partial charge in [-0.15, -0.1) is 0 Å². The fraction of sp³-hybridized carbons (Fsp3) is 0.318. The summed E-state index contributed by atoms with van der Waals surface area (Å²) in [5.41, 5.74) is 7.31. The van der Waals surface area contributed by atoms with Gasteiger partial charge < -0.3 is 9.67 Å². The van der Waals surface area contributed by atoms with Gasteiger partial charge in [0.1, 0.15) is 5.82 Å². The molecule has 4 rings (SSSR count). The maximum Gasteiger partial charge on any atom is 0.109 e. The van der Waals surface area contributed by atoms with Crippen molar-refractivity contribution in [2.75, 3.05) is 6.61 Å². The zero-order valence-corrected chi connectivity index (χ0v) is 14.9.